The number of hydrogen-bond donors (Lipinski definition) is 2. The van der Waals surface area contributed by atoms with Crippen molar-refractivity contribution < 1.29 is 9.90 Å². The van der Waals surface area contributed by atoms with E-state index < -0.39 is 0 Å². The molecular weight excluding hydrogens is 404 g/mol. The van der Waals surface area contributed by atoms with Crippen molar-refractivity contribution in [2.24, 2.45) is 5.92 Å². The molecule has 1 atom stereocenters. The first-order valence-electron chi connectivity index (χ1n) is 9.55. The summed E-state index contributed by atoms with van der Waals surface area (Å²) < 4.78 is 0. The van der Waals surface area contributed by atoms with Crippen LogP contribution in [-0.4, -0.2) is 46.4 Å². The molecule has 0 radical (unpaired) electrons. The number of aryl methyl sites for hydroxylation is 1. The standard InChI is InChI=1S/C12H15NO.C9H11N3OS2/c14-10-12-6-7-13(9-12)8-11-4-2-1-3-5-11;1-5-8(15-7(3-13)11-5)6-4-14-9(10-2)12-6/h1-5,10,12H,6-9H2;4,13H,3H2,1-2H3,(H,10,12). The van der Waals surface area contributed by atoms with E-state index in [1.165, 1.54) is 16.9 Å². The third kappa shape index (κ3) is 5.93. The molecule has 154 valence electrons. The summed E-state index contributed by atoms with van der Waals surface area (Å²) in [7, 11) is 1.85. The lowest BCUT2D eigenvalue weighted by atomic mass is 10.1. The molecule has 4 rings (SSSR count). The molecule has 2 N–H and O–H groups in total. The van der Waals surface area contributed by atoms with E-state index in [1.54, 1.807) is 11.3 Å². The molecule has 29 heavy (non-hydrogen) atoms. The van der Waals surface area contributed by atoms with Crippen molar-refractivity contribution in [2.75, 3.05) is 25.5 Å². The second kappa shape index (κ2) is 10.6. The van der Waals surface area contributed by atoms with E-state index in [2.05, 4.69) is 44.5 Å². The number of anilines is 1. The van der Waals surface area contributed by atoms with Crippen molar-refractivity contribution in [1.29, 1.82) is 0 Å². The molecule has 0 aliphatic carbocycles. The van der Waals surface area contributed by atoms with Gasteiger partial charge in [-0.15, -0.1) is 22.7 Å². The normalized spacial score (nSPS) is 16.3. The Hall–Kier alpha value is -2.13. The number of aliphatic hydroxyl groups excluding tert-OH is 1. The van der Waals surface area contributed by atoms with E-state index in [9.17, 15) is 4.79 Å². The summed E-state index contributed by atoms with van der Waals surface area (Å²) in [6.45, 7) is 4.89. The highest BCUT2D eigenvalue weighted by Gasteiger charge is 2.21. The van der Waals surface area contributed by atoms with Gasteiger partial charge in [0.25, 0.3) is 0 Å². The molecule has 0 spiro atoms. The van der Waals surface area contributed by atoms with Crippen LogP contribution in [0.15, 0.2) is 35.7 Å². The molecule has 1 fully saturated rings. The number of nitrogens with one attached hydrogen (secondary N) is 1. The fraction of sp³-hybridized carbons (Fsp3) is 0.381. The summed E-state index contributed by atoms with van der Waals surface area (Å²) in [6.07, 6.45) is 2.11. The molecule has 1 aliphatic rings. The maximum Gasteiger partial charge on any atom is 0.182 e. The monoisotopic (exact) mass is 430 g/mol. The number of thiazole rings is 2. The minimum Gasteiger partial charge on any atom is -0.389 e. The van der Waals surface area contributed by atoms with Crippen molar-refractivity contribution in [3.8, 4) is 10.6 Å². The first kappa shape index (κ1) is 21.6. The van der Waals surface area contributed by atoms with Gasteiger partial charge in [0.2, 0.25) is 0 Å². The molecule has 2 aromatic heterocycles. The Labute approximate surface area is 179 Å². The van der Waals surface area contributed by atoms with E-state index in [1.807, 2.05) is 25.4 Å². The predicted octanol–water partition coefficient (Wildman–Crippen LogP) is 3.82. The van der Waals surface area contributed by atoms with Crippen LogP contribution in [0.1, 0.15) is 22.7 Å². The Morgan fingerprint density at radius 3 is 2.69 bits per heavy atom. The summed E-state index contributed by atoms with van der Waals surface area (Å²) in [6, 6.07) is 10.4. The zero-order valence-corrected chi connectivity index (χ0v) is 18.3. The summed E-state index contributed by atoms with van der Waals surface area (Å²) >= 11 is 3.06. The SMILES string of the molecule is CNc1nc(-c2sc(CO)nc2C)cs1.O=CC1CCN(Cc2ccccc2)C1. The Morgan fingerprint density at radius 1 is 1.31 bits per heavy atom. The molecule has 6 nitrogen and oxygen atoms in total. The number of aldehydes is 1. The second-order valence-electron chi connectivity index (χ2n) is 6.87. The lowest BCUT2D eigenvalue weighted by Gasteiger charge is -2.14. The number of benzene rings is 1. The number of aromatic nitrogens is 2. The van der Waals surface area contributed by atoms with E-state index in [4.69, 9.17) is 5.11 Å². The lowest BCUT2D eigenvalue weighted by molar-refractivity contribution is -0.110. The molecule has 0 saturated carbocycles. The third-order valence-corrected chi connectivity index (χ3v) is 6.70. The van der Waals surface area contributed by atoms with Gasteiger partial charge < -0.3 is 15.2 Å². The first-order valence-corrected chi connectivity index (χ1v) is 11.2. The van der Waals surface area contributed by atoms with Gasteiger partial charge in [0.1, 0.15) is 11.3 Å². The number of rotatable bonds is 6. The highest BCUT2D eigenvalue weighted by molar-refractivity contribution is 7.16. The third-order valence-electron chi connectivity index (χ3n) is 4.68. The Morgan fingerprint density at radius 2 is 2.10 bits per heavy atom. The molecule has 0 amide bonds. The average Bonchev–Trinajstić information content (AvgIpc) is 3.48. The molecule has 1 saturated heterocycles. The van der Waals surface area contributed by atoms with Gasteiger partial charge in [-0.2, -0.15) is 0 Å². The molecule has 1 aromatic carbocycles. The van der Waals surface area contributed by atoms with Crippen LogP contribution < -0.4 is 5.32 Å². The predicted molar refractivity (Wildman–Crippen MR) is 119 cm³/mol. The van der Waals surface area contributed by atoms with Crippen LogP contribution in [0.2, 0.25) is 0 Å². The van der Waals surface area contributed by atoms with Crippen LogP contribution in [-0.2, 0) is 17.9 Å². The van der Waals surface area contributed by atoms with Gasteiger partial charge in [-0.25, -0.2) is 9.97 Å². The van der Waals surface area contributed by atoms with E-state index >= 15 is 0 Å². The molecular formula is C21H26N4O2S2. The van der Waals surface area contributed by atoms with Crippen LogP contribution in [0.5, 0.6) is 0 Å². The number of nitrogens with zero attached hydrogens (tertiary/aromatic N) is 3. The first-order chi connectivity index (χ1) is 14.1. The van der Waals surface area contributed by atoms with Crippen LogP contribution in [0.25, 0.3) is 10.6 Å². The molecule has 0 bridgehead atoms. The van der Waals surface area contributed by atoms with Crippen LogP contribution in [0, 0.1) is 12.8 Å². The second-order valence-corrected chi connectivity index (χ2v) is 8.82. The van der Waals surface area contributed by atoms with Crippen molar-refractivity contribution in [3.05, 3.63) is 52.0 Å². The van der Waals surface area contributed by atoms with Gasteiger partial charge in [-0.05, 0) is 25.5 Å². The Kier molecular flexibility index (Phi) is 7.88. The number of carbonyl (C=O) groups is 1. The van der Waals surface area contributed by atoms with Gasteiger partial charge in [-0.3, -0.25) is 4.90 Å². The summed E-state index contributed by atoms with van der Waals surface area (Å²) in [5.74, 6) is 0.263. The molecule has 1 aliphatic heterocycles. The zero-order valence-electron chi connectivity index (χ0n) is 16.7. The van der Waals surface area contributed by atoms with Gasteiger partial charge in [0, 0.05) is 31.4 Å². The van der Waals surface area contributed by atoms with Gasteiger partial charge >= 0.3 is 0 Å². The highest BCUT2D eigenvalue weighted by atomic mass is 32.1. The van der Waals surface area contributed by atoms with Crippen LogP contribution in [0.3, 0.4) is 0 Å². The highest BCUT2D eigenvalue weighted by Crippen LogP contribution is 2.32. The average molecular weight is 431 g/mol. The van der Waals surface area contributed by atoms with E-state index in [0.29, 0.717) is 0 Å². The number of hydrogen-bond acceptors (Lipinski definition) is 8. The fourth-order valence-corrected chi connectivity index (χ4v) is 4.83. The quantitative estimate of drug-likeness (QED) is 0.579. The van der Waals surface area contributed by atoms with Crippen molar-refractivity contribution in [2.45, 2.75) is 26.5 Å². The molecule has 1 unspecified atom stereocenters. The maximum atomic E-state index is 10.6. The zero-order chi connectivity index (χ0) is 20.6. The minimum absolute atomic E-state index is 0.00543. The van der Waals surface area contributed by atoms with Crippen molar-refractivity contribution >= 4 is 34.1 Å². The van der Waals surface area contributed by atoms with Crippen molar-refractivity contribution in [1.82, 2.24) is 14.9 Å². The summed E-state index contributed by atoms with van der Waals surface area (Å²) in [5.41, 5.74) is 3.19. The van der Waals surface area contributed by atoms with E-state index in [0.717, 1.165) is 58.7 Å². The summed E-state index contributed by atoms with van der Waals surface area (Å²) in [5, 5.41) is 15.6. The Bertz CT molecular complexity index is 911. The molecule has 3 heterocycles. The van der Waals surface area contributed by atoms with Gasteiger partial charge in [-0.1, -0.05) is 30.3 Å². The Balaban J connectivity index is 0.000000166. The fourth-order valence-electron chi connectivity index (χ4n) is 3.21. The molecule has 3 aromatic rings. The maximum absolute atomic E-state index is 10.6. The smallest absolute Gasteiger partial charge is 0.182 e. The largest absolute Gasteiger partial charge is 0.389 e. The molecule has 8 heteroatoms. The minimum atomic E-state index is -0.00543. The van der Waals surface area contributed by atoms with Crippen LogP contribution in [0.4, 0.5) is 5.13 Å². The topological polar surface area (TPSA) is 78.4 Å². The number of likely N-dealkylation sites (tertiary alicyclic amines) is 1. The number of carbonyl (C=O) groups excluding carboxylic acids is 1. The number of aliphatic hydroxyl groups is 1. The van der Waals surface area contributed by atoms with Crippen LogP contribution >= 0.6 is 22.7 Å². The van der Waals surface area contributed by atoms with Gasteiger partial charge in [0.05, 0.1) is 22.9 Å². The van der Waals surface area contributed by atoms with Crippen molar-refractivity contribution in [3.63, 3.8) is 0 Å². The lowest BCUT2D eigenvalue weighted by Crippen LogP contribution is -2.20. The van der Waals surface area contributed by atoms with E-state index in [-0.39, 0.29) is 12.5 Å². The summed E-state index contributed by atoms with van der Waals surface area (Å²) in [4.78, 5) is 22.6. The van der Waals surface area contributed by atoms with Gasteiger partial charge in [0.15, 0.2) is 5.13 Å².